The highest BCUT2D eigenvalue weighted by Gasteiger charge is 2.22. The van der Waals surface area contributed by atoms with Crippen LogP contribution in [0.4, 0.5) is 10.8 Å². The molecule has 0 aliphatic rings. The summed E-state index contributed by atoms with van der Waals surface area (Å²) >= 11 is 1.52. The number of anilines is 2. The van der Waals surface area contributed by atoms with Gasteiger partial charge >= 0.3 is 0 Å². The molecular weight excluding hydrogens is 372 g/mol. The predicted molar refractivity (Wildman–Crippen MR) is 110 cm³/mol. The van der Waals surface area contributed by atoms with Crippen LogP contribution in [0.3, 0.4) is 0 Å². The largest absolute Gasteiger partial charge is 0.459 e. The van der Waals surface area contributed by atoms with E-state index in [4.69, 9.17) is 4.42 Å². The van der Waals surface area contributed by atoms with Crippen molar-refractivity contribution in [1.29, 1.82) is 0 Å². The first-order valence-corrected chi connectivity index (χ1v) is 9.55. The van der Waals surface area contributed by atoms with E-state index in [2.05, 4.69) is 26.7 Å². The van der Waals surface area contributed by atoms with Gasteiger partial charge in [0.25, 0.3) is 5.91 Å². The first kappa shape index (κ1) is 17.9. The van der Waals surface area contributed by atoms with Crippen LogP contribution in [-0.2, 0) is 0 Å². The van der Waals surface area contributed by atoms with Crippen molar-refractivity contribution in [3.8, 4) is 0 Å². The zero-order valence-corrected chi connectivity index (χ0v) is 15.9. The maximum Gasteiger partial charge on any atom is 0.291 e. The van der Waals surface area contributed by atoms with Crippen molar-refractivity contribution < 1.29 is 9.21 Å². The number of hydrogen-bond acceptors (Lipinski definition) is 6. The normalized spacial score (nSPS) is 11.8. The highest BCUT2D eigenvalue weighted by atomic mass is 32.1. The number of rotatable bonds is 6. The summed E-state index contributed by atoms with van der Waals surface area (Å²) in [5.74, 6) is 0.729. The summed E-state index contributed by atoms with van der Waals surface area (Å²) in [5.41, 5.74) is 1.92. The topological polar surface area (TPSA) is 80.0 Å². The van der Waals surface area contributed by atoms with Gasteiger partial charge in [0.15, 0.2) is 5.76 Å². The average molecular weight is 390 g/mol. The molecule has 6 nitrogen and oxygen atoms in total. The van der Waals surface area contributed by atoms with Gasteiger partial charge in [0.1, 0.15) is 10.8 Å². The Kier molecular flexibility index (Phi) is 5.16. The lowest BCUT2D eigenvalue weighted by Gasteiger charge is -2.20. The number of hydrogen-bond donors (Lipinski definition) is 2. The van der Waals surface area contributed by atoms with Gasteiger partial charge in [-0.2, -0.15) is 0 Å². The summed E-state index contributed by atoms with van der Waals surface area (Å²) in [4.78, 5) is 22.2. The molecule has 0 saturated carbocycles. The van der Waals surface area contributed by atoms with Gasteiger partial charge < -0.3 is 15.1 Å². The van der Waals surface area contributed by atoms with E-state index < -0.39 is 0 Å². The van der Waals surface area contributed by atoms with E-state index in [1.54, 1.807) is 24.5 Å². The molecular formula is C21H18N4O2S. The number of furan rings is 1. The molecule has 4 aromatic rings. The quantitative estimate of drug-likeness (QED) is 0.490. The second-order valence-electron chi connectivity index (χ2n) is 6.15. The molecule has 140 valence electrons. The van der Waals surface area contributed by atoms with E-state index in [0.29, 0.717) is 0 Å². The van der Waals surface area contributed by atoms with E-state index in [-0.39, 0.29) is 17.7 Å². The second-order valence-corrected chi connectivity index (χ2v) is 7.41. The lowest BCUT2D eigenvalue weighted by molar-refractivity contribution is 0.0997. The van der Waals surface area contributed by atoms with Crippen LogP contribution < -0.4 is 10.6 Å². The van der Waals surface area contributed by atoms with Crippen molar-refractivity contribution in [2.45, 2.75) is 13.0 Å². The van der Waals surface area contributed by atoms with E-state index in [0.717, 1.165) is 26.8 Å². The van der Waals surface area contributed by atoms with E-state index in [1.165, 1.54) is 17.6 Å². The molecule has 0 saturated heterocycles. The number of carbonyl (C=O) groups excluding carboxylic acids is 1. The van der Waals surface area contributed by atoms with Crippen LogP contribution >= 0.6 is 11.3 Å². The van der Waals surface area contributed by atoms with Gasteiger partial charge in [-0.1, -0.05) is 12.1 Å². The van der Waals surface area contributed by atoms with Gasteiger partial charge in [-0.3, -0.25) is 9.78 Å². The fraction of sp³-hybridized carbons (Fsp3) is 0.0952. The van der Waals surface area contributed by atoms with E-state index in [1.807, 2.05) is 43.5 Å². The Hall–Kier alpha value is -3.45. The number of nitrogens with zero attached hydrogens (tertiary/aromatic N) is 2. The van der Waals surface area contributed by atoms with Gasteiger partial charge in [0.2, 0.25) is 0 Å². The van der Waals surface area contributed by atoms with Crippen LogP contribution in [0.2, 0.25) is 0 Å². The first-order chi connectivity index (χ1) is 13.7. The lowest BCUT2D eigenvalue weighted by atomic mass is 10.0. The number of aromatic nitrogens is 2. The Bertz CT molecular complexity index is 1050. The molecule has 4 rings (SSSR count). The number of thiophene rings is 1. The Balaban J connectivity index is 1.71. The van der Waals surface area contributed by atoms with Crippen LogP contribution in [0, 0.1) is 6.92 Å². The zero-order valence-electron chi connectivity index (χ0n) is 15.1. The molecule has 0 spiro atoms. The maximum atomic E-state index is 12.5. The summed E-state index contributed by atoms with van der Waals surface area (Å²) in [6.45, 7) is 2.01. The summed E-state index contributed by atoms with van der Waals surface area (Å²) < 4.78 is 5.21. The predicted octanol–water partition coefficient (Wildman–Crippen LogP) is 4.89. The highest BCUT2D eigenvalue weighted by Crippen LogP contribution is 2.37. The van der Waals surface area contributed by atoms with Crippen LogP contribution in [-0.4, -0.2) is 15.9 Å². The van der Waals surface area contributed by atoms with Gasteiger partial charge in [0.05, 0.1) is 12.3 Å². The third kappa shape index (κ3) is 3.94. The number of carbonyl (C=O) groups is 1. The highest BCUT2D eigenvalue weighted by molar-refractivity contribution is 7.16. The van der Waals surface area contributed by atoms with Crippen LogP contribution in [0.5, 0.6) is 0 Å². The van der Waals surface area contributed by atoms with E-state index >= 15 is 0 Å². The summed E-state index contributed by atoms with van der Waals surface area (Å²) in [6, 6.07) is 14.8. The fourth-order valence-electron chi connectivity index (χ4n) is 2.90. The van der Waals surface area contributed by atoms with Crippen molar-refractivity contribution >= 4 is 28.1 Å². The molecule has 28 heavy (non-hydrogen) atoms. The second kappa shape index (κ2) is 8.06. The molecule has 0 aliphatic carbocycles. The Morgan fingerprint density at radius 1 is 1.14 bits per heavy atom. The first-order valence-electron chi connectivity index (χ1n) is 8.73. The number of aryl methyl sites for hydroxylation is 1. The van der Waals surface area contributed by atoms with Crippen LogP contribution in [0.15, 0.2) is 77.8 Å². The maximum absolute atomic E-state index is 12.5. The minimum absolute atomic E-state index is 0.222. The molecule has 0 aromatic carbocycles. The summed E-state index contributed by atoms with van der Waals surface area (Å²) in [6.07, 6.45) is 6.77. The standard InChI is InChI=1S/C21H18N4O2S/c1-14-12-16(21(28-14)25-20(26)17-7-5-11-27-17)19(15-6-4-9-22-13-15)24-18-8-2-3-10-23-18/h2-13,19H,1H3,(H,23,24)(H,25,26)/t19-/m1/s1. The molecule has 0 radical (unpaired) electrons. The summed E-state index contributed by atoms with van der Waals surface area (Å²) in [5, 5.41) is 7.19. The zero-order chi connectivity index (χ0) is 19.3. The smallest absolute Gasteiger partial charge is 0.291 e. The third-order valence-electron chi connectivity index (χ3n) is 4.14. The molecule has 4 aromatic heterocycles. The Labute approximate surface area is 166 Å². The van der Waals surface area contributed by atoms with Crippen molar-refractivity contribution in [2.24, 2.45) is 0 Å². The Morgan fingerprint density at radius 2 is 2.07 bits per heavy atom. The van der Waals surface area contributed by atoms with Crippen LogP contribution in [0.1, 0.15) is 32.6 Å². The molecule has 1 atom stereocenters. The average Bonchev–Trinajstić information content (AvgIpc) is 3.38. The lowest BCUT2D eigenvalue weighted by Crippen LogP contribution is -2.17. The minimum atomic E-state index is -0.282. The summed E-state index contributed by atoms with van der Waals surface area (Å²) in [7, 11) is 0. The molecule has 7 heteroatoms. The number of amides is 1. The number of nitrogens with one attached hydrogen (secondary N) is 2. The van der Waals surface area contributed by atoms with Crippen molar-refractivity contribution in [1.82, 2.24) is 9.97 Å². The van der Waals surface area contributed by atoms with Gasteiger partial charge in [-0.25, -0.2) is 4.98 Å². The van der Waals surface area contributed by atoms with Crippen molar-refractivity contribution in [3.63, 3.8) is 0 Å². The molecule has 0 bridgehead atoms. The molecule has 0 unspecified atom stereocenters. The minimum Gasteiger partial charge on any atom is -0.459 e. The fourth-order valence-corrected chi connectivity index (χ4v) is 3.85. The monoisotopic (exact) mass is 390 g/mol. The molecule has 4 heterocycles. The van der Waals surface area contributed by atoms with Crippen molar-refractivity contribution in [3.05, 3.63) is 95.1 Å². The molecule has 0 aliphatic heterocycles. The van der Waals surface area contributed by atoms with Crippen LogP contribution in [0.25, 0.3) is 0 Å². The van der Waals surface area contributed by atoms with Gasteiger partial charge in [-0.15, -0.1) is 11.3 Å². The number of pyridine rings is 2. The van der Waals surface area contributed by atoms with Crippen molar-refractivity contribution in [2.75, 3.05) is 10.6 Å². The third-order valence-corrected chi connectivity index (χ3v) is 5.12. The molecule has 0 fully saturated rings. The van der Waals surface area contributed by atoms with Gasteiger partial charge in [0, 0.05) is 29.0 Å². The molecule has 1 amide bonds. The van der Waals surface area contributed by atoms with Gasteiger partial charge in [-0.05, 0) is 48.9 Å². The Morgan fingerprint density at radius 3 is 2.79 bits per heavy atom. The SMILES string of the molecule is Cc1cc([C@H](Nc2ccccn2)c2cccnc2)c(NC(=O)c2ccco2)s1. The van der Waals surface area contributed by atoms with E-state index in [9.17, 15) is 4.79 Å². The molecule has 2 N–H and O–H groups in total.